The largest absolute Gasteiger partial charge is 0.375 e. The van der Waals surface area contributed by atoms with Crippen LogP contribution in [0.1, 0.15) is 58.8 Å². The number of rotatable bonds is 3. The van der Waals surface area contributed by atoms with E-state index in [4.69, 9.17) is 4.74 Å². The zero-order chi connectivity index (χ0) is 11.6. The molecule has 2 heteroatoms. The van der Waals surface area contributed by atoms with Gasteiger partial charge < -0.3 is 4.74 Å². The van der Waals surface area contributed by atoms with Gasteiger partial charge in [-0.2, -0.15) is 0 Å². The zero-order valence-electron chi connectivity index (χ0n) is 10.6. The monoisotopic (exact) mass is 224 g/mol. The summed E-state index contributed by atoms with van der Waals surface area (Å²) >= 11 is 0. The van der Waals surface area contributed by atoms with Crippen molar-refractivity contribution in [2.75, 3.05) is 6.61 Å². The lowest BCUT2D eigenvalue weighted by Gasteiger charge is -2.40. The van der Waals surface area contributed by atoms with Crippen LogP contribution in [0.4, 0.5) is 0 Å². The van der Waals surface area contributed by atoms with Crippen molar-refractivity contribution < 1.29 is 9.53 Å². The average molecular weight is 224 g/mol. The molecule has 1 saturated heterocycles. The second-order valence-corrected chi connectivity index (χ2v) is 5.62. The van der Waals surface area contributed by atoms with Crippen molar-refractivity contribution in [1.82, 2.24) is 0 Å². The van der Waals surface area contributed by atoms with Crippen LogP contribution in [0.5, 0.6) is 0 Å². The molecule has 1 aliphatic carbocycles. The molecule has 0 amide bonds. The van der Waals surface area contributed by atoms with Crippen molar-refractivity contribution in [3.8, 4) is 0 Å². The number of carbonyl (C=O) groups excluding carboxylic acids is 1. The summed E-state index contributed by atoms with van der Waals surface area (Å²) in [6.45, 7) is 4.77. The van der Waals surface area contributed by atoms with Gasteiger partial charge in [-0.25, -0.2) is 0 Å². The minimum atomic E-state index is 0.159. The summed E-state index contributed by atoms with van der Waals surface area (Å²) in [7, 11) is 0. The second kappa shape index (κ2) is 4.87. The number of Topliss-reactive ketones (excluding diaryl/α,β-unsaturated/α-hetero) is 1. The van der Waals surface area contributed by atoms with Crippen LogP contribution >= 0.6 is 0 Å². The highest BCUT2D eigenvalue weighted by molar-refractivity contribution is 5.78. The summed E-state index contributed by atoms with van der Waals surface area (Å²) in [6.07, 6.45) is 8.27. The first-order valence-electron chi connectivity index (χ1n) is 6.81. The third kappa shape index (κ3) is 2.32. The highest BCUT2D eigenvalue weighted by Gasteiger charge is 2.42. The van der Waals surface area contributed by atoms with Crippen LogP contribution in [0.15, 0.2) is 0 Å². The van der Waals surface area contributed by atoms with Crippen molar-refractivity contribution in [3.05, 3.63) is 0 Å². The minimum absolute atomic E-state index is 0.159. The van der Waals surface area contributed by atoms with E-state index in [9.17, 15) is 4.79 Å². The summed E-state index contributed by atoms with van der Waals surface area (Å²) in [6, 6.07) is 0. The molecule has 0 aromatic rings. The van der Waals surface area contributed by atoms with Crippen LogP contribution < -0.4 is 0 Å². The van der Waals surface area contributed by atoms with Crippen molar-refractivity contribution in [1.29, 1.82) is 0 Å². The van der Waals surface area contributed by atoms with Gasteiger partial charge in [0, 0.05) is 12.5 Å². The fraction of sp³-hybridized carbons (Fsp3) is 0.929. The van der Waals surface area contributed by atoms with Gasteiger partial charge in [0.25, 0.3) is 0 Å². The molecule has 1 heterocycles. The first kappa shape index (κ1) is 12.1. The number of hydrogen-bond donors (Lipinski definition) is 0. The lowest BCUT2D eigenvalue weighted by molar-refractivity contribution is -0.130. The van der Waals surface area contributed by atoms with E-state index in [1.165, 1.54) is 25.7 Å². The van der Waals surface area contributed by atoms with Crippen LogP contribution in [-0.4, -0.2) is 18.0 Å². The van der Waals surface area contributed by atoms with Crippen LogP contribution in [0.3, 0.4) is 0 Å². The lowest BCUT2D eigenvalue weighted by atomic mass is 9.75. The van der Waals surface area contributed by atoms with Crippen LogP contribution in [0.25, 0.3) is 0 Å². The molecule has 16 heavy (non-hydrogen) atoms. The first-order chi connectivity index (χ1) is 7.67. The van der Waals surface area contributed by atoms with Gasteiger partial charge in [-0.05, 0) is 44.9 Å². The molecule has 2 nitrogen and oxygen atoms in total. The van der Waals surface area contributed by atoms with Crippen LogP contribution in [0.2, 0.25) is 0 Å². The molecule has 2 atom stereocenters. The van der Waals surface area contributed by atoms with Crippen molar-refractivity contribution in [2.24, 2.45) is 11.8 Å². The van der Waals surface area contributed by atoms with Gasteiger partial charge in [0.05, 0.1) is 5.60 Å². The molecule has 0 N–H and O–H groups in total. The molecule has 2 fully saturated rings. The SMILES string of the molecule is CCC(C(C)=O)C1CCOC2(CCCC2)C1. The zero-order valence-corrected chi connectivity index (χ0v) is 10.6. The number of ether oxygens (including phenoxy) is 1. The van der Waals surface area contributed by atoms with Gasteiger partial charge in [-0.15, -0.1) is 0 Å². The molecular formula is C14H24O2. The highest BCUT2D eigenvalue weighted by Crippen LogP contribution is 2.44. The van der Waals surface area contributed by atoms with E-state index in [0.717, 1.165) is 25.9 Å². The smallest absolute Gasteiger partial charge is 0.133 e. The molecule has 0 radical (unpaired) electrons. The average Bonchev–Trinajstić information content (AvgIpc) is 2.67. The summed E-state index contributed by atoms with van der Waals surface area (Å²) < 4.78 is 6.02. The molecule has 1 aliphatic heterocycles. The Labute approximate surface area is 98.7 Å². The van der Waals surface area contributed by atoms with Crippen molar-refractivity contribution in [3.63, 3.8) is 0 Å². The molecule has 92 valence electrons. The molecule has 2 aliphatic rings. The van der Waals surface area contributed by atoms with Crippen LogP contribution in [0, 0.1) is 11.8 Å². The molecule has 1 spiro atoms. The maximum atomic E-state index is 11.6. The Morgan fingerprint density at radius 3 is 2.69 bits per heavy atom. The Balaban J connectivity index is 2.03. The normalized spacial score (nSPS) is 30.5. The third-order valence-corrected chi connectivity index (χ3v) is 4.58. The number of carbonyl (C=O) groups is 1. The predicted molar refractivity (Wildman–Crippen MR) is 64.3 cm³/mol. The molecule has 0 aromatic heterocycles. The maximum absolute atomic E-state index is 11.6. The van der Waals surface area contributed by atoms with E-state index < -0.39 is 0 Å². The van der Waals surface area contributed by atoms with E-state index in [0.29, 0.717) is 11.7 Å². The van der Waals surface area contributed by atoms with Gasteiger partial charge in [-0.1, -0.05) is 19.8 Å². The van der Waals surface area contributed by atoms with Crippen molar-refractivity contribution in [2.45, 2.75) is 64.4 Å². The fourth-order valence-electron chi connectivity index (χ4n) is 3.73. The van der Waals surface area contributed by atoms with Crippen LogP contribution in [-0.2, 0) is 9.53 Å². The molecule has 1 saturated carbocycles. The minimum Gasteiger partial charge on any atom is -0.375 e. The maximum Gasteiger partial charge on any atom is 0.133 e. The highest BCUT2D eigenvalue weighted by atomic mass is 16.5. The first-order valence-corrected chi connectivity index (χ1v) is 6.81. The molecular weight excluding hydrogens is 200 g/mol. The predicted octanol–water partition coefficient (Wildman–Crippen LogP) is 3.34. The molecule has 2 unspecified atom stereocenters. The lowest BCUT2D eigenvalue weighted by Crippen LogP contribution is -2.40. The van der Waals surface area contributed by atoms with Gasteiger partial charge in [0.1, 0.15) is 5.78 Å². The summed E-state index contributed by atoms with van der Waals surface area (Å²) in [4.78, 5) is 11.6. The van der Waals surface area contributed by atoms with E-state index >= 15 is 0 Å². The van der Waals surface area contributed by atoms with Gasteiger partial charge in [0.2, 0.25) is 0 Å². The fourth-order valence-corrected chi connectivity index (χ4v) is 3.73. The van der Waals surface area contributed by atoms with E-state index in [1.54, 1.807) is 6.92 Å². The quantitative estimate of drug-likeness (QED) is 0.735. The molecule has 2 rings (SSSR count). The van der Waals surface area contributed by atoms with E-state index in [2.05, 4.69) is 6.92 Å². The van der Waals surface area contributed by atoms with E-state index in [1.807, 2.05) is 0 Å². The Bertz CT molecular complexity index is 253. The summed E-state index contributed by atoms with van der Waals surface area (Å²) in [5.74, 6) is 1.23. The van der Waals surface area contributed by atoms with E-state index in [-0.39, 0.29) is 11.5 Å². The second-order valence-electron chi connectivity index (χ2n) is 5.62. The Hall–Kier alpha value is -0.370. The topological polar surface area (TPSA) is 26.3 Å². The third-order valence-electron chi connectivity index (χ3n) is 4.58. The number of hydrogen-bond acceptors (Lipinski definition) is 2. The van der Waals surface area contributed by atoms with Gasteiger partial charge in [0.15, 0.2) is 0 Å². The van der Waals surface area contributed by atoms with Crippen molar-refractivity contribution >= 4 is 5.78 Å². The van der Waals surface area contributed by atoms with Gasteiger partial charge in [-0.3, -0.25) is 4.79 Å². The Kier molecular flexibility index (Phi) is 3.68. The number of ketones is 1. The summed E-state index contributed by atoms with van der Waals surface area (Å²) in [5, 5.41) is 0. The summed E-state index contributed by atoms with van der Waals surface area (Å²) in [5.41, 5.74) is 0.159. The molecule has 0 aromatic carbocycles. The van der Waals surface area contributed by atoms with Gasteiger partial charge >= 0.3 is 0 Å². The Morgan fingerprint density at radius 2 is 2.12 bits per heavy atom. The Morgan fingerprint density at radius 1 is 1.44 bits per heavy atom. The molecule has 0 bridgehead atoms. The standard InChI is InChI=1S/C14H24O2/c1-3-13(11(2)15)12-6-9-16-14(10-12)7-4-5-8-14/h12-13H,3-10H2,1-2H3.